The first-order valence-corrected chi connectivity index (χ1v) is 12.3. The Morgan fingerprint density at radius 2 is 1.71 bits per heavy atom. The molecule has 0 aliphatic carbocycles. The van der Waals surface area contributed by atoms with E-state index in [2.05, 4.69) is 10.5 Å². The van der Waals surface area contributed by atoms with E-state index in [-0.39, 0.29) is 5.69 Å². The SMILES string of the molecule is COc1ccc(C)cc1N(CC(=O)N/N=C\c1ccc(OC(=O)c2ccccc2)cc1)S(C)(=O)=O. The minimum Gasteiger partial charge on any atom is -0.495 e. The Kier molecular flexibility index (Phi) is 8.21. The van der Waals surface area contributed by atoms with Crippen LogP contribution in [-0.2, 0) is 14.8 Å². The summed E-state index contributed by atoms with van der Waals surface area (Å²) in [5.41, 5.74) is 4.46. The Morgan fingerprint density at radius 1 is 1.03 bits per heavy atom. The molecular weight excluding hydrogens is 470 g/mol. The highest BCUT2D eigenvalue weighted by Gasteiger charge is 2.24. The molecule has 0 aliphatic heterocycles. The Morgan fingerprint density at radius 3 is 2.34 bits per heavy atom. The summed E-state index contributed by atoms with van der Waals surface area (Å²) in [6.07, 6.45) is 2.40. The zero-order chi connectivity index (χ0) is 25.4. The van der Waals surface area contributed by atoms with Crippen LogP contribution in [0, 0.1) is 6.92 Å². The van der Waals surface area contributed by atoms with E-state index < -0.39 is 28.4 Å². The van der Waals surface area contributed by atoms with Gasteiger partial charge in [0.15, 0.2) is 0 Å². The quantitative estimate of drug-likeness (QED) is 0.211. The van der Waals surface area contributed by atoms with E-state index in [1.54, 1.807) is 66.7 Å². The van der Waals surface area contributed by atoms with Crippen LogP contribution in [0.25, 0.3) is 0 Å². The van der Waals surface area contributed by atoms with E-state index in [0.717, 1.165) is 16.1 Å². The van der Waals surface area contributed by atoms with Gasteiger partial charge in [-0.05, 0) is 66.6 Å². The summed E-state index contributed by atoms with van der Waals surface area (Å²) in [7, 11) is -2.35. The van der Waals surface area contributed by atoms with Gasteiger partial charge < -0.3 is 9.47 Å². The van der Waals surface area contributed by atoms with Crippen molar-refractivity contribution in [3.05, 3.63) is 89.5 Å². The Bertz CT molecular complexity index is 1320. The topological polar surface area (TPSA) is 114 Å². The predicted molar refractivity (Wildman–Crippen MR) is 133 cm³/mol. The molecule has 1 N–H and O–H groups in total. The zero-order valence-corrected chi connectivity index (χ0v) is 20.3. The molecule has 0 unspecified atom stereocenters. The van der Waals surface area contributed by atoms with Crippen molar-refractivity contribution in [3.8, 4) is 11.5 Å². The number of hydrogen-bond acceptors (Lipinski definition) is 7. The van der Waals surface area contributed by atoms with Crippen LogP contribution < -0.4 is 19.2 Å². The van der Waals surface area contributed by atoms with Gasteiger partial charge in [0.2, 0.25) is 10.0 Å². The number of hydrazone groups is 1. The summed E-state index contributed by atoms with van der Waals surface area (Å²) in [5, 5.41) is 3.88. The van der Waals surface area contributed by atoms with Crippen LogP contribution in [-0.4, -0.2) is 46.4 Å². The summed E-state index contributed by atoms with van der Waals surface area (Å²) >= 11 is 0. The number of ether oxygens (including phenoxy) is 2. The second-order valence-corrected chi connectivity index (χ2v) is 9.47. The molecule has 0 saturated carbocycles. The van der Waals surface area contributed by atoms with E-state index >= 15 is 0 Å². The van der Waals surface area contributed by atoms with Gasteiger partial charge in [-0.15, -0.1) is 0 Å². The van der Waals surface area contributed by atoms with Crippen molar-refractivity contribution >= 4 is 33.8 Å². The van der Waals surface area contributed by atoms with Gasteiger partial charge in [0, 0.05) is 0 Å². The average Bonchev–Trinajstić information content (AvgIpc) is 2.83. The van der Waals surface area contributed by atoms with Crippen molar-refractivity contribution in [2.45, 2.75) is 6.92 Å². The van der Waals surface area contributed by atoms with Gasteiger partial charge in [-0.1, -0.05) is 24.3 Å². The number of esters is 1. The molecule has 182 valence electrons. The Hall–Kier alpha value is -4.18. The fourth-order valence-electron chi connectivity index (χ4n) is 3.08. The third-order valence-corrected chi connectivity index (χ3v) is 5.92. The summed E-state index contributed by atoms with van der Waals surface area (Å²) in [4.78, 5) is 24.5. The predicted octanol–water partition coefficient (Wildman–Crippen LogP) is 3.14. The molecule has 35 heavy (non-hydrogen) atoms. The van der Waals surface area contributed by atoms with E-state index in [1.807, 2.05) is 13.0 Å². The monoisotopic (exact) mass is 495 g/mol. The lowest BCUT2D eigenvalue weighted by Gasteiger charge is -2.23. The van der Waals surface area contributed by atoms with Crippen molar-refractivity contribution in [3.63, 3.8) is 0 Å². The number of aryl methyl sites for hydroxylation is 1. The highest BCUT2D eigenvalue weighted by molar-refractivity contribution is 7.92. The number of anilines is 1. The van der Waals surface area contributed by atoms with E-state index in [9.17, 15) is 18.0 Å². The number of sulfonamides is 1. The third-order valence-electron chi connectivity index (χ3n) is 4.79. The second-order valence-electron chi connectivity index (χ2n) is 7.56. The maximum atomic E-state index is 12.4. The van der Waals surface area contributed by atoms with Gasteiger partial charge in [0.05, 0.1) is 30.8 Å². The highest BCUT2D eigenvalue weighted by atomic mass is 32.2. The van der Waals surface area contributed by atoms with Crippen molar-refractivity contribution in [1.82, 2.24) is 5.43 Å². The molecule has 0 saturated heterocycles. The van der Waals surface area contributed by atoms with E-state index in [4.69, 9.17) is 9.47 Å². The molecule has 0 fully saturated rings. The average molecular weight is 496 g/mol. The van der Waals surface area contributed by atoms with Crippen LogP contribution in [0.3, 0.4) is 0 Å². The first-order chi connectivity index (χ1) is 16.7. The molecule has 1 amide bonds. The van der Waals surface area contributed by atoms with Gasteiger partial charge >= 0.3 is 5.97 Å². The molecular formula is C25H25N3O6S. The zero-order valence-electron chi connectivity index (χ0n) is 19.5. The van der Waals surface area contributed by atoms with Crippen LogP contribution in [0.1, 0.15) is 21.5 Å². The lowest BCUT2D eigenvalue weighted by Crippen LogP contribution is -2.39. The van der Waals surface area contributed by atoms with Crippen LogP contribution in [0.2, 0.25) is 0 Å². The normalized spacial score (nSPS) is 11.2. The van der Waals surface area contributed by atoms with Crippen molar-refractivity contribution in [2.24, 2.45) is 5.10 Å². The molecule has 0 radical (unpaired) electrons. The van der Waals surface area contributed by atoms with Crippen LogP contribution in [0.5, 0.6) is 11.5 Å². The lowest BCUT2D eigenvalue weighted by atomic mass is 10.2. The highest BCUT2D eigenvalue weighted by Crippen LogP contribution is 2.30. The molecule has 3 rings (SSSR count). The van der Waals surface area contributed by atoms with Gasteiger partial charge in [-0.3, -0.25) is 9.10 Å². The summed E-state index contributed by atoms with van der Waals surface area (Å²) in [6.45, 7) is 1.33. The van der Waals surface area contributed by atoms with Gasteiger partial charge in [0.25, 0.3) is 5.91 Å². The number of amides is 1. The van der Waals surface area contributed by atoms with E-state index in [0.29, 0.717) is 22.6 Å². The first-order valence-electron chi connectivity index (χ1n) is 10.5. The number of benzene rings is 3. The Balaban J connectivity index is 1.62. The Labute approximate surface area is 204 Å². The van der Waals surface area contributed by atoms with Crippen LogP contribution in [0.4, 0.5) is 5.69 Å². The van der Waals surface area contributed by atoms with Gasteiger partial charge in [-0.2, -0.15) is 5.10 Å². The summed E-state index contributed by atoms with van der Waals surface area (Å²) < 4.78 is 36.2. The number of hydrogen-bond donors (Lipinski definition) is 1. The van der Waals surface area contributed by atoms with Crippen LogP contribution in [0.15, 0.2) is 77.9 Å². The number of nitrogens with zero attached hydrogens (tertiary/aromatic N) is 2. The minimum atomic E-state index is -3.78. The fraction of sp³-hybridized carbons (Fsp3) is 0.160. The molecule has 3 aromatic carbocycles. The molecule has 3 aromatic rings. The third kappa shape index (κ3) is 7.15. The lowest BCUT2D eigenvalue weighted by molar-refractivity contribution is -0.119. The molecule has 0 heterocycles. The number of carbonyl (C=O) groups is 2. The maximum absolute atomic E-state index is 12.4. The second kappa shape index (κ2) is 11.3. The van der Waals surface area contributed by atoms with E-state index in [1.165, 1.54) is 13.3 Å². The van der Waals surface area contributed by atoms with Gasteiger partial charge in [-0.25, -0.2) is 18.6 Å². The molecule has 0 bridgehead atoms. The van der Waals surface area contributed by atoms with Crippen molar-refractivity contribution in [1.29, 1.82) is 0 Å². The number of carbonyl (C=O) groups excluding carboxylic acids is 2. The number of methoxy groups -OCH3 is 1. The number of nitrogens with one attached hydrogen (secondary N) is 1. The molecule has 9 nitrogen and oxygen atoms in total. The fourth-order valence-corrected chi connectivity index (χ4v) is 3.93. The maximum Gasteiger partial charge on any atom is 0.343 e. The molecule has 0 aromatic heterocycles. The molecule has 0 spiro atoms. The van der Waals surface area contributed by atoms with Gasteiger partial charge in [0.1, 0.15) is 18.0 Å². The molecule has 0 atom stereocenters. The first kappa shape index (κ1) is 25.4. The summed E-state index contributed by atoms with van der Waals surface area (Å²) in [5.74, 6) is -0.426. The summed E-state index contributed by atoms with van der Waals surface area (Å²) in [6, 6.07) is 20.2. The largest absolute Gasteiger partial charge is 0.495 e. The van der Waals surface area contributed by atoms with Crippen LogP contribution >= 0.6 is 0 Å². The minimum absolute atomic E-state index is 0.259. The number of rotatable bonds is 9. The molecule has 10 heteroatoms. The van der Waals surface area contributed by atoms with Crippen molar-refractivity contribution < 1.29 is 27.5 Å². The van der Waals surface area contributed by atoms with Crippen molar-refractivity contribution in [2.75, 3.05) is 24.2 Å². The molecule has 0 aliphatic rings. The smallest absolute Gasteiger partial charge is 0.343 e. The standard InChI is InChI=1S/C25H25N3O6S/c1-18-9-14-23(33-2)22(15-18)28(35(3,31)32)17-24(29)27-26-16-19-10-12-21(13-11-19)34-25(30)20-7-5-4-6-8-20/h4-16H,17H2,1-3H3,(H,27,29)/b26-16-.